The van der Waals surface area contributed by atoms with Crippen LogP contribution in [0.15, 0.2) is 18.2 Å². The van der Waals surface area contributed by atoms with E-state index in [2.05, 4.69) is 5.32 Å². The molecule has 0 radical (unpaired) electrons. The van der Waals surface area contributed by atoms with Crippen molar-refractivity contribution >= 4 is 17.5 Å². The van der Waals surface area contributed by atoms with Gasteiger partial charge in [0.25, 0.3) is 5.91 Å². The maximum atomic E-state index is 11.2. The van der Waals surface area contributed by atoms with Gasteiger partial charge in [0.2, 0.25) is 0 Å². The summed E-state index contributed by atoms with van der Waals surface area (Å²) >= 11 is 5.93. The van der Waals surface area contributed by atoms with Gasteiger partial charge in [0, 0.05) is 7.05 Å². The predicted octanol–water partition coefficient (Wildman–Crippen LogP) is 1.35. The number of nitrogens with one attached hydrogen (secondary N) is 1. The van der Waals surface area contributed by atoms with Crippen LogP contribution in [0.4, 0.5) is 0 Å². The van der Waals surface area contributed by atoms with Crippen LogP contribution < -0.4 is 10.1 Å². The Kier molecular flexibility index (Phi) is 4.58. The van der Waals surface area contributed by atoms with Crippen molar-refractivity contribution in [1.29, 1.82) is 0 Å². The first-order chi connectivity index (χ1) is 7.58. The molecular formula is C11H14ClNO3. The Labute approximate surface area is 99.2 Å². The minimum absolute atomic E-state index is 0.0784. The Hall–Kier alpha value is -1.26. The molecule has 4 nitrogen and oxygen atoms in total. The number of benzene rings is 1. The van der Waals surface area contributed by atoms with Gasteiger partial charge in [0.15, 0.2) is 6.10 Å². The fourth-order valence-corrected chi connectivity index (χ4v) is 1.43. The molecule has 0 fully saturated rings. The third-order valence-corrected chi connectivity index (χ3v) is 2.39. The quantitative estimate of drug-likeness (QED) is 0.839. The smallest absolute Gasteiger partial charge is 0.260 e. The average molecular weight is 244 g/mol. The van der Waals surface area contributed by atoms with E-state index < -0.39 is 6.10 Å². The maximum absolute atomic E-state index is 11.2. The molecule has 0 bridgehead atoms. The minimum Gasteiger partial charge on any atom is -0.479 e. The van der Waals surface area contributed by atoms with Crippen LogP contribution in [0.2, 0.25) is 5.02 Å². The van der Waals surface area contributed by atoms with Gasteiger partial charge in [0.1, 0.15) is 5.75 Å². The number of hydrogen-bond acceptors (Lipinski definition) is 3. The zero-order chi connectivity index (χ0) is 12.1. The van der Waals surface area contributed by atoms with Gasteiger partial charge in [-0.25, -0.2) is 0 Å². The van der Waals surface area contributed by atoms with Crippen LogP contribution in [0, 0.1) is 0 Å². The Morgan fingerprint density at radius 3 is 2.81 bits per heavy atom. The molecule has 0 heterocycles. The van der Waals surface area contributed by atoms with E-state index in [4.69, 9.17) is 21.4 Å². The van der Waals surface area contributed by atoms with Gasteiger partial charge >= 0.3 is 0 Å². The summed E-state index contributed by atoms with van der Waals surface area (Å²) in [5.74, 6) is 0.206. The molecule has 1 aromatic rings. The summed E-state index contributed by atoms with van der Waals surface area (Å²) in [7, 11) is 1.54. The summed E-state index contributed by atoms with van der Waals surface area (Å²) in [6.07, 6.45) is -0.609. The number of amides is 1. The second-order valence-corrected chi connectivity index (χ2v) is 3.70. The number of hydrogen-bond donors (Lipinski definition) is 2. The van der Waals surface area contributed by atoms with Crippen molar-refractivity contribution in [2.75, 3.05) is 7.05 Å². The van der Waals surface area contributed by atoms with Gasteiger partial charge in [-0.15, -0.1) is 0 Å². The van der Waals surface area contributed by atoms with E-state index in [1.807, 2.05) is 0 Å². The largest absolute Gasteiger partial charge is 0.479 e. The van der Waals surface area contributed by atoms with Crippen LogP contribution >= 0.6 is 11.6 Å². The summed E-state index contributed by atoms with van der Waals surface area (Å²) < 4.78 is 5.37. The highest BCUT2D eigenvalue weighted by Gasteiger charge is 2.14. The number of aliphatic hydroxyl groups is 1. The number of ether oxygens (including phenoxy) is 1. The van der Waals surface area contributed by atoms with Gasteiger partial charge in [-0.1, -0.05) is 17.7 Å². The first kappa shape index (κ1) is 12.8. The van der Waals surface area contributed by atoms with Crippen molar-refractivity contribution in [3.63, 3.8) is 0 Å². The molecule has 0 aliphatic carbocycles. The van der Waals surface area contributed by atoms with Crippen molar-refractivity contribution in [3.8, 4) is 5.75 Å². The second kappa shape index (κ2) is 5.72. The molecule has 88 valence electrons. The van der Waals surface area contributed by atoms with Gasteiger partial charge in [-0.3, -0.25) is 4.79 Å². The zero-order valence-corrected chi connectivity index (χ0v) is 9.91. The monoisotopic (exact) mass is 243 g/mol. The fraction of sp³-hybridized carbons (Fsp3) is 0.364. The third kappa shape index (κ3) is 3.12. The highest BCUT2D eigenvalue weighted by atomic mass is 35.5. The topological polar surface area (TPSA) is 58.6 Å². The van der Waals surface area contributed by atoms with E-state index in [1.54, 1.807) is 32.2 Å². The number of rotatable bonds is 4. The lowest BCUT2D eigenvalue weighted by atomic mass is 10.2. The minimum atomic E-state index is -0.609. The van der Waals surface area contributed by atoms with Gasteiger partial charge in [-0.2, -0.15) is 0 Å². The lowest BCUT2D eigenvalue weighted by molar-refractivity contribution is -0.126. The van der Waals surface area contributed by atoms with E-state index in [-0.39, 0.29) is 12.5 Å². The Morgan fingerprint density at radius 2 is 2.31 bits per heavy atom. The third-order valence-electron chi connectivity index (χ3n) is 2.10. The molecule has 0 saturated heterocycles. The summed E-state index contributed by atoms with van der Waals surface area (Å²) in [6.45, 7) is 1.56. The number of carbonyl (C=O) groups excluding carboxylic acids is 1. The van der Waals surface area contributed by atoms with Crippen LogP contribution in [-0.2, 0) is 11.4 Å². The molecule has 1 unspecified atom stereocenters. The van der Waals surface area contributed by atoms with E-state index in [9.17, 15) is 4.79 Å². The highest BCUT2D eigenvalue weighted by Crippen LogP contribution is 2.26. The lowest BCUT2D eigenvalue weighted by Crippen LogP contribution is -2.33. The van der Waals surface area contributed by atoms with Crippen LogP contribution in [0.1, 0.15) is 12.5 Å². The zero-order valence-electron chi connectivity index (χ0n) is 9.16. The molecule has 1 amide bonds. The first-order valence-corrected chi connectivity index (χ1v) is 5.23. The molecule has 1 atom stereocenters. The molecule has 0 spiro atoms. The molecule has 0 aliphatic heterocycles. The van der Waals surface area contributed by atoms with E-state index in [0.717, 1.165) is 0 Å². The lowest BCUT2D eigenvalue weighted by Gasteiger charge is -2.14. The maximum Gasteiger partial charge on any atom is 0.260 e. The van der Waals surface area contributed by atoms with Crippen LogP contribution in [0.25, 0.3) is 0 Å². The van der Waals surface area contributed by atoms with Crippen molar-refractivity contribution < 1.29 is 14.6 Å². The van der Waals surface area contributed by atoms with Crippen molar-refractivity contribution in [3.05, 3.63) is 28.8 Å². The number of likely N-dealkylation sites (N-methyl/N-ethyl adjacent to an activating group) is 1. The first-order valence-electron chi connectivity index (χ1n) is 4.86. The molecule has 0 aliphatic rings. The number of aliphatic hydroxyl groups excluding tert-OH is 1. The van der Waals surface area contributed by atoms with Crippen LogP contribution in [0.5, 0.6) is 5.75 Å². The van der Waals surface area contributed by atoms with Crippen LogP contribution in [0.3, 0.4) is 0 Å². The predicted molar refractivity (Wildman–Crippen MR) is 61.5 cm³/mol. The van der Waals surface area contributed by atoms with Crippen molar-refractivity contribution in [2.24, 2.45) is 0 Å². The average Bonchev–Trinajstić information content (AvgIpc) is 2.30. The van der Waals surface area contributed by atoms with Gasteiger partial charge in [-0.05, 0) is 24.6 Å². The molecular weight excluding hydrogens is 230 g/mol. The van der Waals surface area contributed by atoms with E-state index in [1.165, 1.54) is 0 Å². The molecule has 1 aromatic carbocycles. The Morgan fingerprint density at radius 1 is 1.62 bits per heavy atom. The molecule has 16 heavy (non-hydrogen) atoms. The number of carbonyl (C=O) groups is 1. The normalized spacial score (nSPS) is 12.0. The molecule has 0 aromatic heterocycles. The summed E-state index contributed by atoms with van der Waals surface area (Å²) in [5.41, 5.74) is 0.699. The standard InChI is InChI=1S/C11H14ClNO3/c1-7(11(15)13-2)16-10-4-3-8(6-14)5-9(10)12/h3-5,7,14H,6H2,1-2H3,(H,13,15). The Bertz CT molecular complexity index is 381. The van der Waals surface area contributed by atoms with Crippen molar-refractivity contribution in [1.82, 2.24) is 5.32 Å². The summed E-state index contributed by atoms with van der Waals surface area (Å²) in [5, 5.41) is 11.8. The van der Waals surface area contributed by atoms with Gasteiger partial charge in [0.05, 0.1) is 11.6 Å². The van der Waals surface area contributed by atoms with E-state index in [0.29, 0.717) is 16.3 Å². The summed E-state index contributed by atoms with van der Waals surface area (Å²) in [6, 6.07) is 4.93. The number of halogens is 1. The van der Waals surface area contributed by atoms with Crippen molar-refractivity contribution in [2.45, 2.75) is 19.6 Å². The van der Waals surface area contributed by atoms with Crippen LogP contribution in [-0.4, -0.2) is 24.2 Å². The fourth-order valence-electron chi connectivity index (χ4n) is 1.19. The summed E-state index contributed by atoms with van der Waals surface area (Å²) in [4.78, 5) is 11.2. The molecule has 2 N–H and O–H groups in total. The SMILES string of the molecule is CNC(=O)C(C)Oc1ccc(CO)cc1Cl. The molecule has 0 saturated carbocycles. The molecule has 5 heteroatoms. The second-order valence-electron chi connectivity index (χ2n) is 3.30. The van der Waals surface area contributed by atoms with Gasteiger partial charge < -0.3 is 15.2 Å². The van der Waals surface area contributed by atoms with E-state index >= 15 is 0 Å². The Balaban J connectivity index is 2.78. The molecule has 1 rings (SSSR count). The highest BCUT2D eigenvalue weighted by molar-refractivity contribution is 6.32.